The molecule has 14 heavy (non-hydrogen) atoms. The summed E-state index contributed by atoms with van der Waals surface area (Å²) in [5, 5.41) is 0. The monoisotopic (exact) mass is 305 g/mol. The van der Waals surface area contributed by atoms with Gasteiger partial charge >= 0.3 is 0 Å². The molecule has 0 saturated carbocycles. The molecule has 2 N–H and O–H groups in total. The quantitative estimate of drug-likeness (QED) is 0.803. The highest BCUT2D eigenvalue weighted by Gasteiger charge is 2.28. The second-order valence-electron chi connectivity index (χ2n) is 3.27. The molecule has 1 aromatic carbocycles. The van der Waals surface area contributed by atoms with Gasteiger partial charge in [-0.3, -0.25) is 0 Å². The van der Waals surface area contributed by atoms with Crippen LogP contribution in [0.4, 0.5) is 0 Å². The van der Waals surface area contributed by atoms with Gasteiger partial charge in [0.1, 0.15) is 18.5 Å². The van der Waals surface area contributed by atoms with Crippen molar-refractivity contribution in [3.05, 3.63) is 27.3 Å². The SMILES string of the molecule is COC1COc2c(I)cccc2C1N. The highest BCUT2D eigenvalue weighted by molar-refractivity contribution is 14.1. The molecule has 1 heterocycles. The molecule has 0 amide bonds. The van der Waals surface area contributed by atoms with Gasteiger partial charge in [0.25, 0.3) is 0 Å². The maximum atomic E-state index is 6.06. The predicted octanol–water partition coefficient (Wildman–Crippen LogP) is 1.70. The van der Waals surface area contributed by atoms with E-state index in [1.165, 1.54) is 0 Å². The molecule has 0 aliphatic carbocycles. The maximum Gasteiger partial charge on any atom is 0.137 e. The second-order valence-corrected chi connectivity index (χ2v) is 4.43. The van der Waals surface area contributed by atoms with Crippen LogP contribution in [0.5, 0.6) is 5.75 Å². The van der Waals surface area contributed by atoms with Gasteiger partial charge in [0.05, 0.1) is 9.61 Å². The summed E-state index contributed by atoms with van der Waals surface area (Å²) < 4.78 is 12.0. The Labute approximate surface area is 96.7 Å². The minimum Gasteiger partial charge on any atom is -0.489 e. The molecule has 1 aliphatic rings. The predicted molar refractivity (Wildman–Crippen MR) is 62.4 cm³/mol. The number of halogens is 1. The summed E-state index contributed by atoms with van der Waals surface area (Å²) in [6, 6.07) is 5.91. The van der Waals surface area contributed by atoms with Crippen LogP contribution in [-0.2, 0) is 4.74 Å². The number of hydrogen-bond acceptors (Lipinski definition) is 3. The average Bonchev–Trinajstić information content (AvgIpc) is 2.20. The summed E-state index contributed by atoms with van der Waals surface area (Å²) in [5.41, 5.74) is 7.10. The van der Waals surface area contributed by atoms with Gasteiger partial charge in [-0.2, -0.15) is 0 Å². The molecule has 0 bridgehead atoms. The third-order valence-corrected chi connectivity index (χ3v) is 3.30. The van der Waals surface area contributed by atoms with Crippen molar-refractivity contribution in [1.82, 2.24) is 0 Å². The summed E-state index contributed by atoms with van der Waals surface area (Å²) in [7, 11) is 1.66. The van der Waals surface area contributed by atoms with Gasteiger partial charge in [0, 0.05) is 12.7 Å². The van der Waals surface area contributed by atoms with E-state index < -0.39 is 0 Å². The Balaban J connectivity index is 2.41. The first-order chi connectivity index (χ1) is 6.74. The standard InChI is InChI=1S/C10H12INO2/c1-13-8-5-14-10-6(9(8)12)3-2-4-7(10)11/h2-4,8-9H,5,12H2,1H3. The zero-order chi connectivity index (χ0) is 10.1. The molecule has 0 saturated heterocycles. The number of para-hydroxylation sites is 1. The molecule has 2 atom stereocenters. The zero-order valence-corrected chi connectivity index (χ0v) is 10.0. The van der Waals surface area contributed by atoms with Crippen LogP contribution < -0.4 is 10.5 Å². The summed E-state index contributed by atoms with van der Waals surface area (Å²) in [5.74, 6) is 0.911. The van der Waals surface area contributed by atoms with Gasteiger partial charge in [-0.15, -0.1) is 0 Å². The van der Waals surface area contributed by atoms with E-state index in [0.717, 1.165) is 14.9 Å². The minimum atomic E-state index is -0.0848. The third-order valence-electron chi connectivity index (χ3n) is 2.45. The van der Waals surface area contributed by atoms with E-state index >= 15 is 0 Å². The molecule has 4 heteroatoms. The number of rotatable bonds is 1. The summed E-state index contributed by atoms with van der Waals surface area (Å²) in [6.07, 6.45) is -0.0410. The molecule has 0 radical (unpaired) electrons. The fourth-order valence-corrected chi connectivity index (χ4v) is 2.30. The molecule has 0 aromatic heterocycles. The van der Waals surface area contributed by atoms with Crippen LogP contribution in [0.2, 0.25) is 0 Å². The lowest BCUT2D eigenvalue weighted by molar-refractivity contribution is 0.0256. The zero-order valence-electron chi connectivity index (χ0n) is 7.87. The average molecular weight is 305 g/mol. The van der Waals surface area contributed by atoms with Crippen molar-refractivity contribution in [2.75, 3.05) is 13.7 Å². The molecule has 0 spiro atoms. The van der Waals surface area contributed by atoms with Gasteiger partial charge in [-0.25, -0.2) is 0 Å². The van der Waals surface area contributed by atoms with Crippen molar-refractivity contribution in [3.63, 3.8) is 0 Å². The molecule has 1 aliphatic heterocycles. The molecule has 2 rings (SSSR count). The number of benzene rings is 1. The smallest absolute Gasteiger partial charge is 0.137 e. The van der Waals surface area contributed by atoms with E-state index in [4.69, 9.17) is 15.2 Å². The summed E-state index contributed by atoms with van der Waals surface area (Å²) in [4.78, 5) is 0. The van der Waals surface area contributed by atoms with Crippen LogP contribution in [-0.4, -0.2) is 19.8 Å². The Morgan fingerprint density at radius 1 is 1.57 bits per heavy atom. The van der Waals surface area contributed by atoms with Gasteiger partial charge in [-0.05, 0) is 28.7 Å². The van der Waals surface area contributed by atoms with Crippen LogP contribution in [0.3, 0.4) is 0 Å². The number of hydrogen-bond donors (Lipinski definition) is 1. The first kappa shape index (κ1) is 10.2. The van der Waals surface area contributed by atoms with E-state index in [0.29, 0.717) is 6.61 Å². The number of nitrogens with two attached hydrogens (primary N) is 1. The summed E-state index contributed by atoms with van der Waals surface area (Å²) in [6.45, 7) is 0.532. The van der Waals surface area contributed by atoms with Crippen LogP contribution in [0.15, 0.2) is 18.2 Å². The van der Waals surface area contributed by atoms with Gasteiger partial charge in [-0.1, -0.05) is 12.1 Å². The Bertz CT molecular complexity index is 343. The lowest BCUT2D eigenvalue weighted by atomic mass is 9.99. The molecule has 1 aromatic rings. The first-order valence-corrected chi connectivity index (χ1v) is 5.51. The van der Waals surface area contributed by atoms with E-state index in [9.17, 15) is 0 Å². The van der Waals surface area contributed by atoms with Crippen LogP contribution in [0.1, 0.15) is 11.6 Å². The van der Waals surface area contributed by atoms with Crippen molar-refractivity contribution in [1.29, 1.82) is 0 Å². The molecule has 2 unspecified atom stereocenters. The van der Waals surface area contributed by atoms with Crippen molar-refractivity contribution in [2.24, 2.45) is 5.73 Å². The fourth-order valence-electron chi connectivity index (χ4n) is 1.62. The molecular weight excluding hydrogens is 293 g/mol. The molecule has 3 nitrogen and oxygen atoms in total. The van der Waals surface area contributed by atoms with Gasteiger partial charge in [0.2, 0.25) is 0 Å². The van der Waals surface area contributed by atoms with Gasteiger partial charge < -0.3 is 15.2 Å². The topological polar surface area (TPSA) is 44.5 Å². The highest BCUT2D eigenvalue weighted by atomic mass is 127. The highest BCUT2D eigenvalue weighted by Crippen LogP contribution is 2.35. The van der Waals surface area contributed by atoms with E-state index in [1.807, 2.05) is 18.2 Å². The van der Waals surface area contributed by atoms with Crippen LogP contribution >= 0.6 is 22.6 Å². The number of fused-ring (bicyclic) bond motifs is 1. The van der Waals surface area contributed by atoms with Crippen molar-refractivity contribution in [2.45, 2.75) is 12.1 Å². The molecule has 0 fully saturated rings. The normalized spacial score (nSPS) is 25.4. The number of methoxy groups -OCH3 is 1. The Morgan fingerprint density at radius 2 is 2.36 bits per heavy atom. The van der Waals surface area contributed by atoms with E-state index in [1.54, 1.807) is 7.11 Å². The van der Waals surface area contributed by atoms with E-state index in [-0.39, 0.29) is 12.1 Å². The van der Waals surface area contributed by atoms with E-state index in [2.05, 4.69) is 22.6 Å². The Kier molecular flexibility index (Phi) is 2.94. The van der Waals surface area contributed by atoms with Crippen LogP contribution in [0, 0.1) is 3.57 Å². The number of ether oxygens (including phenoxy) is 2. The van der Waals surface area contributed by atoms with Crippen molar-refractivity contribution in [3.8, 4) is 5.75 Å². The van der Waals surface area contributed by atoms with Crippen molar-refractivity contribution < 1.29 is 9.47 Å². The van der Waals surface area contributed by atoms with Gasteiger partial charge in [0.15, 0.2) is 0 Å². The van der Waals surface area contributed by atoms with Crippen molar-refractivity contribution >= 4 is 22.6 Å². The second kappa shape index (κ2) is 4.04. The lowest BCUT2D eigenvalue weighted by Gasteiger charge is -2.30. The first-order valence-electron chi connectivity index (χ1n) is 4.43. The fraction of sp³-hybridized carbons (Fsp3) is 0.400. The maximum absolute atomic E-state index is 6.06. The third kappa shape index (κ3) is 1.62. The Morgan fingerprint density at radius 3 is 3.07 bits per heavy atom. The lowest BCUT2D eigenvalue weighted by Crippen LogP contribution is -2.37. The summed E-state index contributed by atoms with van der Waals surface area (Å²) >= 11 is 2.25. The Hall–Kier alpha value is -0.330. The van der Waals surface area contributed by atoms with Crippen LogP contribution in [0.25, 0.3) is 0 Å². The molecule has 76 valence electrons. The minimum absolute atomic E-state index is 0.0410. The molecular formula is C10H12INO2. The largest absolute Gasteiger partial charge is 0.489 e.